The Morgan fingerprint density at radius 2 is 2.23 bits per heavy atom. The highest BCUT2D eigenvalue weighted by molar-refractivity contribution is 6.08. The van der Waals surface area contributed by atoms with Crippen LogP contribution in [-0.2, 0) is 11.3 Å². The van der Waals surface area contributed by atoms with Crippen molar-refractivity contribution in [1.82, 2.24) is 19.9 Å². The van der Waals surface area contributed by atoms with E-state index in [4.69, 9.17) is 4.74 Å². The lowest BCUT2D eigenvalue weighted by atomic mass is 10.1. The van der Waals surface area contributed by atoms with E-state index in [2.05, 4.69) is 19.9 Å². The summed E-state index contributed by atoms with van der Waals surface area (Å²) in [5.74, 6) is -0.434. The fourth-order valence-corrected chi connectivity index (χ4v) is 2.26. The van der Waals surface area contributed by atoms with Crippen molar-refractivity contribution in [2.24, 2.45) is 0 Å². The number of aromatic amines is 1. The van der Waals surface area contributed by atoms with E-state index in [1.807, 2.05) is 0 Å². The van der Waals surface area contributed by atoms with E-state index in [1.165, 1.54) is 6.33 Å². The van der Waals surface area contributed by atoms with Crippen molar-refractivity contribution >= 4 is 17.0 Å². The zero-order valence-electron chi connectivity index (χ0n) is 11.9. The minimum atomic E-state index is -0.434. The van der Waals surface area contributed by atoms with Crippen LogP contribution in [0.5, 0.6) is 0 Å². The summed E-state index contributed by atoms with van der Waals surface area (Å²) in [6.07, 6.45) is 6.17. The number of aliphatic hydroxyl groups is 1. The molecule has 0 aliphatic carbocycles. The number of rotatable bonds is 4. The minimum Gasteiger partial charge on any atom is -0.462 e. The highest BCUT2D eigenvalue weighted by atomic mass is 16.5. The van der Waals surface area contributed by atoms with Crippen LogP contribution in [0.2, 0.25) is 0 Å². The average molecular weight is 298 g/mol. The minimum absolute atomic E-state index is 0.118. The van der Waals surface area contributed by atoms with Crippen molar-refractivity contribution in [2.75, 3.05) is 6.61 Å². The summed E-state index contributed by atoms with van der Waals surface area (Å²) < 4.78 is 5.06. The molecule has 0 atom stereocenters. The van der Waals surface area contributed by atoms with Gasteiger partial charge in [0.1, 0.15) is 12.0 Å². The second-order valence-electron chi connectivity index (χ2n) is 4.61. The van der Waals surface area contributed by atoms with E-state index in [-0.39, 0.29) is 13.2 Å². The van der Waals surface area contributed by atoms with Crippen molar-refractivity contribution < 1.29 is 14.6 Å². The van der Waals surface area contributed by atoms with Crippen molar-refractivity contribution in [2.45, 2.75) is 13.5 Å². The maximum Gasteiger partial charge on any atom is 0.340 e. The lowest BCUT2D eigenvalue weighted by molar-refractivity contribution is 0.0528. The highest BCUT2D eigenvalue weighted by Gasteiger charge is 2.19. The number of aliphatic hydroxyl groups excluding tert-OH is 1. The van der Waals surface area contributed by atoms with Crippen LogP contribution in [0.1, 0.15) is 22.8 Å². The fraction of sp³-hybridized carbons (Fsp3) is 0.200. The molecule has 3 rings (SSSR count). The van der Waals surface area contributed by atoms with Gasteiger partial charge < -0.3 is 14.8 Å². The number of carbonyl (C=O) groups excluding carboxylic acids is 1. The number of ether oxygens (including phenoxy) is 1. The highest BCUT2D eigenvalue weighted by Crippen LogP contribution is 2.28. The van der Waals surface area contributed by atoms with Crippen LogP contribution in [0, 0.1) is 0 Å². The normalized spacial score (nSPS) is 10.8. The Kier molecular flexibility index (Phi) is 3.80. The summed E-state index contributed by atoms with van der Waals surface area (Å²) in [6, 6.07) is 1.77. The Morgan fingerprint density at radius 3 is 3.00 bits per heavy atom. The Balaban J connectivity index is 2.20. The van der Waals surface area contributed by atoms with Crippen molar-refractivity contribution in [1.29, 1.82) is 0 Å². The molecule has 3 heterocycles. The van der Waals surface area contributed by atoms with Gasteiger partial charge in [-0.3, -0.25) is 4.98 Å². The topological polar surface area (TPSA) is 101 Å². The molecule has 0 saturated carbocycles. The summed E-state index contributed by atoms with van der Waals surface area (Å²) >= 11 is 0. The third kappa shape index (κ3) is 2.42. The summed E-state index contributed by atoms with van der Waals surface area (Å²) in [5, 5.41) is 9.82. The van der Waals surface area contributed by atoms with Gasteiger partial charge in [-0.25, -0.2) is 14.8 Å². The molecule has 112 valence electrons. The van der Waals surface area contributed by atoms with Gasteiger partial charge in [0.05, 0.1) is 29.9 Å². The fourth-order valence-electron chi connectivity index (χ4n) is 2.26. The molecule has 3 aromatic heterocycles. The number of carbonyl (C=O) groups is 1. The molecule has 0 spiro atoms. The van der Waals surface area contributed by atoms with Gasteiger partial charge in [0.15, 0.2) is 0 Å². The second kappa shape index (κ2) is 5.90. The lowest BCUT2D eigenvalue weighted by Gasteiger charge is -2.06. The number of aromatic nitrogens is 4. The molecular weight excluding hydrogens is 284 g/mol. The van der Waals surface area contributed by atoms with Crippen LogP contribution in [0.15, 0.2) is 31.0 Å². The lowest BCUT2D eigenvalue weighted by Crippen LogP contribution is -2.04. The SMILES string of the molecule is CCOC(=O)c1c[nH]c2ncnc(-c3cncc(CO)c3)c12. The summed E-state index contributed by atoms with van der Waals surface area (Å²) in [4.78, 5) is 27.5. The van der Waals surface area contributed by atoms with Crippen molar-refractivity contribution in [3.05, 3.63) is 42.1 Å². The number of nitrogens with one attached hydrogen (secondary N) is 1. The van der Waals surface area contributed by atoms with Crippen LogP contribution in [0.25, 0.3) is 22.3 Å². The zero-order valence-corrected chi connectivity index (χ0v) is 11.9. The first-order valence-corrected chi connectivity index (χ1v) is 6.79. The van der Waals surface area contributed by atoms with E-state index >= 15 is 0 Å². The summed E-state index contributed by atoms with van der Waals surface area (Å²) in [5.41, 5.74) is 2.85. The molecule has 0 radical (unpaired) electrons. The molecule has 22 heavy (non-hydrogen) atoms. The van der Waals surface area contributed by atoms with Gasteiger partial charge in [-0.1, -0.05) is 0 Å². The quantitative estimate of drug-likeness (QED) is 0.711. The number of hydrogen-bond donors (Lipinski definition) is 2. The predicted octanol–water partition coefficient (Wildman–Crippen LogP) is 1.69. The van der Waals surface area contributed by atoms with E-state index in [9.17, 15) is 9.90 Å². The number of H-pyrrole nitrogens is 1. The van der Waals surface area contributed by atoms with E-state index < -0.39 is 5.97 Å². The molecule has 3 aromatic rings. The number of hydrogen-bond acceptors (Lipinski definition) is 6. The first kappa shape index (κ1) is 14.2. The van der Waals surface area contributed by atoms with Crippen molar-refractivity contribution in [3.8, 4) is 11.3 Å². The maximum absolute atomic E-state index is 12.1. The number of fused-ring (bicyclic) bond motifs is 1. The van der Waals surface area contributed by atoms with E-state index in [0.717, 1.165) is 0 Å². The van der Waals surface area contributed by atoms with Crippen molar-refractivity contribution in [3.63, 3.8) is 0 Å². The van der Waals surface area contributed by atoms with E-state index in [1.54, 1.807) is 31.6 Å². The third-order valence-electron chi connectivity index (χ3n) is 3.22. The summed E-state index contributed by atoms with van der Waals surface area (Å²) in [7, 11) is 0. The number of pyridine rings is 1. The molecule has 0 bridgehead atoms. The second-order valence-corrected chi connectivity index (χ2v) is 4.61. The van der Waals surface area contributed by atoms with Gasteiger partial charge >= 0.3 is 5.97 Å². The molecule has 7 heteroatoms. The van der Waals surface area contributed by atoms with Gasteiger partial charge in [0.25, 0.3) is 0 Å². The van der Waals surface area contributed by atoms with Gasteiger partial charge in [-0.15, -0.1) is 0 Å². The molecule has 0 aliphatic rings. The first-order valence-electron chi connectivity index (χ1n) is 6.79. The summed E-state index contributed by atoms with van der Waals surface area (Å²) in [6.45, 7) is 1.92. The average Bonchev–Trinajstić information content (AvgIpc) is 2.99. The largest absolute Gasteiger partial charge is 0.462 e. The van der Waals surface area contributed by atoms with Crippen LogP contribution in [0.4, 0.5) is 0 Å². The molecule has 7 nitrogen and oxygen atoms in total. The number of nitrogens with zero attached hydrogens (tertiary/aromatic N) is 3. The Bertz CT molecular complexity index is 829. The molecule has 0 saturated heterocycles. The standard InChI is InChI=1S/C15H14N4O3/c1-2-22-15(21)11-6-17-14-12(11)13(18-8-19-14)10-3-9(7-20)4-16-5-10/h3-6,8,20H,2,7H2,1H3,(H,17,18,19). The smallest absolute Gasteiger partial charge is 0.340 e. The number of esters is 1. The predicted molar refractivity (Wildman–Crippen MR) is 79.0 cm³/mol. The zero-order chi connectivity index (χ0) is 15.5. The monoisotopic (exact) mass is 298 g/mol. The Morgan fingerprint density at radius 1 is 1.36 bits per heavy atom. The van der Waals surface area contributed by atoms with Gasteiger partial charge in [-0.05, 0) is 18.6 Å². The molecule has 0 aromatic carbocycles. The van der Waals surface area contributed by atoms with Crippen LogP contribution in [-0.4, -0.2) is 37.6 Å². The molecular formula is C15H14N4O3. The maximum atomic E-state index is 12.1. The Hall–Kier alpha value is -2.80. The van der Waals surface area contributed by atoms with Crippen LogP contribution >= 0.6 is 0 Å². The van der Waals surface area contributed by atoms with Crippen LogP contribution in [0.3, 0.4) is 0 Å². The first-order chi connectivity index (χ1) is 10.7. The molecule has 0 amide bonds. The molecule has 0 fully saturated rings. The Labute approximate surface area is 126 Å². The van der Waals surface area contributed by atoms with Gasteiger partial charge in [-0.2, -0.15) is 0 Å². The van der Waals surface area contributed by atoms with E-state index in [0.29, 0.717) is 33.4 Å². The third-order valence-corrected chi connectivity index (χ3v) is 3.22. The molecule has 2 N–H and O–H groups in total. The van der Waals surface area contributed by atoms with Gasteiger partial charge in [0, 0.05) is 24.2 Å². The van der Waals surface area contributed by atoms with Crippen LogP contribution < -0.4 is 0 Å². The molecule has 0 unspecified atom stereocenters. The molecule has 0 aliphatic heterocycles. The van der Waals surface area contributed by atoms with Gasteiger partial charge in [0.2, 0.25) is 0 Å².